The number of amides is 1. The van der Waals surface area contributed by atoms with Crippen LogP contribution in [0.4, 0.5) is 0 Å². The number of aromatic nitrogens is 2. The predicted molar refractivity (Wildman–Crippen MR) is 74.0 cm³/mol. The van der Waals surface area contributed by atoms with Gasteiger partial charge in [-0.05, 0) is 23.9 Å². The van der Waals surface area contributed by atoms with E-state index in [9.17, 15) is 4.79 Å². The minimum absolute atomic E-state index is 0.322. The van der Waals surface area contributed by atoms with E-state index in [2.05, 4.69) is 16.0 Å². The zero-order chi connectivity index (χ0) is 12.7. The molecule has 0 fully saturated rings. The van der Waals surface area contributed by atoms with Crippen LogP contribution in [-0.2, 0) is 0 Å². The summed E-state index contributed by atoms with van der Waals surface area (Å²) in [4.78, 5) is 20.5. The molecule has 0 spiro atoms. The van der Waals surface area contributed by atoms with E-state index in [1.807, 2.05) is 19.3 Å². The second-order valence-electron chi connectivity index (χ2n) is 3.88. The van der Waals surface area contributed by atoms with Gasteiger partial charge >= 0.3 is 0 Å². The first-order chi connectivity index (χ1) is 8.65. The Morgan fingerprint density at radius 1 is 1.39 bits per heavy atom. The smallest absolute Gasteiger partial charge is 0.268 e. The second kappa shape index (κ2) is 4.15. The molecule has 0 unspecified atom stereocenters. The van der Waals surface area contributed by atoms with Crippen LogP contribution in [-0.4, -0.2) is 15.9 Å². The van der Waals surface area contributed by atoms with Crippen molar-refractivity contribution in [2.45, 2.75) is 6.92 Å². The number of rotatable bonds is 2. The molecule has 0 saturated heterocycles. The SMILES string of the molecule is Cc1cncc2sc(-c3nc(C(N)=O)cs3)cc12. The third-order valence-corrected chi connectivity index (χ3v) is 4.69. The number of pyridine rings is 1. The van der Waals surface area contributed by atoms with Crippen LogP contribution in [0.3, 0.4) is 0 Å². The maximum Gasteiger partial charge on any atom is 0.268 e. The minimum atomic E-state index is -0.489. The number of primary amides is 1. The summed E-state index contributed by atoms with van der Waals surface area (Å²) in [5.41, 5.74) is 6.67. The number of hydrogen-bond donors (Lipinski definition) is 1. The lowest BCUT2D eigenvalue weighted by Crippen LogP contribution is -2.10. The van der Waals surface area contributed by atoms with Gasteiger partial charge in [-0.3, -0.25) is 9.78 Å². The summed E-state index contributed by atoms with van der Waals surface area (Å²) in [7, 11) is 0. The molecular formula is C12H9N3OS2. The number of nitrogens with zero attached hydrogens (tertiary/aromatic N) is 2. The van der Waals surface area contributed by atoms with Crippen LogP contribution < -0.4 is 5.73 Å². The van der Waals surface area contributed by atoms with Crippen molar-refractivity contribution in [2.75, 3.05) is 0 Å². The summed E-state index contributed by atoms with van der Waals surface area (Å²) in [6.07, 6.45) is 3.69. The number of thiazole rings is 1. The van der Waals surface area contributed by atoms with Gasteiger partial charge in [0.05, 0.1) is 9.58 Å². The van der Waals surface area contributed by atoms with E-state index >= 15 is 0 Å². The summed E-state index contributed by atoms with van der Waals surface area (Å²) in [5, 5.41) is 3.69. The number of nitrogens with two attached hydrogens (primary N) is 1. The molecule has 2 N–H and O–H groups in total. The highest BCUT2D eigenvalue weighted by molar-refractivity contribution is 7.25. The quantitative estimate of drug-likeness (QED) is 0.782. The second-order valence-corrected chi connectivity index (χ2v) is 5.82. The van der Waals surface area contributed by atoms with Crippen molar-refractivity contribution in [2.24, 2.45) is 5.73 Å². The molecule has 0 aliphatic heterocycles. The predicted octanol–water partition coefficient (Wildman–Crippen LogP) is 2.83. The van der Waals surface area contributed by atoms with E-state index in [-0.39, 0.29) is 0 Å². The fourth-order valence-electron chi connectivity index (χ4n) is 1.70. The first-order valence-corrected chi connectivity index (χ1v) is 6.94. The van der Waals surface area contributed by atoms with Gasteiger partial charge in [-0.1, -0.05) is 0 Å². The average Bonchev–Trinajstić information content (AvgIpc) is 2.95. The first-order valence-electron chi connectivity index (χ1n) is 5.25. The fourth-order valence-corrected chi connectivity index (χ4v) is 3.68. The van der Waals surface area contributed by atoms with E-state index in [0.717, 1.165) is 20.1 Å². The molecule has 0 atom stereocenters. The zero-order valence-corrected chi connectivity index (χ0v) is 11.1. The Kier molecular flexibility index (Phi) is 2.61. The third-order valence-electron chi connectivity index (χ3n) is 2.61. The first kappa shape index (κ1) is 11.3. The molecule has 0 radical (unpaired) electrons. The molecule has 3 aromatic heterocycles. The highest BCUT2D eigenvalue weighted by Gasteiger charge is 2.12. The molecule has 6 heteroatoms. The monoisotopic (exact) mass is 275 g/mol. The van der Waals surface area contributed by atoms with Crippen LogP contribution in [0, 0.1) is 6.92 Å². The Balaban J connectivity index is 2.13. The summed E-state index contributed by atoms with van der Waals surface area (Å²) >= 11 is 3.05. The average molecular weight is 275 g/mol. The van der Waals surface area contributed by atoms with Crippen LogP contribution >= 0.6 is 22.7 Å². The summed E-state index contributed by atoms with van der Waals surface area (Å²) in [5.74, 6) is -0.489. The van der Waals surface area contributed by atoms with Gasteiger partial charge in [0.25, 0.3) is 5.91 Å². The highest BCUT2D eigenvalue weighted by atomic mass is 32.1. The standard InChI is InChI=1S/C12H9N3OS2/c1-6-3-14-4-10-7(6)2-9(18-10)12-15-8(5-17-12)11(13)16/h2-5H,1H3,(H2,13,16). The largest absolute Gasteiger partial charge is 0.364 e. The maximum absolute atomic E-state index is 11.0. The van der Waals surface area contributed by atoms with Crippen molar-refractivity contribution in [3.8, 4) is 9.88 Å². The number of thiophene rings is 1. The number of fused-ring (bicyclic) bond motifs is 1. The van der Waals surface area contributed by atoms with Gasteiger partial charge in [-0.25, -0.2) is 4.98 Å². The van der Waals surface area contributed by atoms with Crippen LogP contribution in [0.15, 0.2) is 23.8 Å². The van der Waals surface area contributed by atoms with Crippen LogP contribution in [0.25, 0.3) is 20.0 Å². The van der Waals surface area contributed by atoms with Crippen molar-refractivity contribution in [1.29, 1.82) is 0 Å². The van der Waals surface area contributed by atoms with Crippen molar-refractivity contribution >= 4 is 38.7 Å². The third kappa shape index (κ3) is 1.79. The molecule has 18 heavy (non-hydrogen) atoms. The Hall–Kier alpha value is -1.79. The van der Waals surface area contributed by atoms with E-state index < -0.39 is 5.91 Å². The van der Waals surface area contributed by atoms with E-state index in [1.165, 1.54) is 16.7 Å². The van der Waals surface area contributed by atoms with Crippen molar-refractivity contribution in [1.82, 2.24) is 9.97 Å². The van der Waals surface area contributed by atoms with Crippen LogP contribution in [0.2, 0.25) is 0 Å². The highest BCUT2D eigenvalue weighted by Crippen LogP contribution is 2.35. The lowest BCUT2D eigenvalue weighted by Gasteiger charge is -1.91. The van der Waals surface area contributed by atoms with Crippen LogP contribution in [0.1, 0.15) is 16.1 Å². The number of carbonyl (C=O) groups is 1. The lowest BCUT2D eigenvalue weighted by molar-refractivity contribution is 0.0996. The molecule has 90 valence electrons. The number of aryl methyl sites for hydroxylation is 1. The Morgan fingerprint density at radius 2 is 2.22 bits per heavy atom. The van der Waals surface area contributed by atoms with Crippen LogP contribution in [0.5, 0.6) is 0 Å². The summed E-state index contributed by atoms with van der Waals surface area (Å²) < 4.78 is 1.13. The molecule has 1 amide bonds. The van der Waals surface area contributed by atoms with Gasteiger partial charge in [0, 0.05) is 17.8 Å². The maximum atomic E-state index is 11.0. The molecule has 3 heterocycles. The Bertz CT molecular complexity index is 745. The molecular weight excluding hydrogens is 266 g/mol. The van der Waals surface area contributed by atoms with Crippen molar-refractivity contribution in [3.63, 3.8) is 0 Å². The van der Waals surface area contributed by atoms with Gasteiger partial charge in [0.1, 0.15) is 10.7 Å². The summed E-state index contributed by atoms with van der Waals surface area (Å²) in [6, 6.07) is 2.08. The van der Waals surface area contributed by atoms with E-state index in [1.54, 1.807) is 16.7 Å². The Morgan fingerprint density at radius 3 is 2.89 bits per heavy atom. The lowest BCUT2D eigenvalue weighted by atomic mass is 10.2. The molecule has 0 aromatic carbocycles. The van der Waals surface area contributed by atoms with Crippen molar-refractivity contribution in [3.05, 3.63) is 35.1 Å². The van der Waals surface area contributed by atoms with E-state index in [0.29, 0.717) is 5.69 Å². The molecule has 0 aliphatic carbocycles. The number of hydrogen-bond acceptors (Lipinski definition) is 5. The summed E-state index contributed by atoms with van der Waals surface area (Å²) in [6.45, 7) is 2.03. The molecule has 0 aliphatic rings. The van der Waals surface area contributed by atoms with Gasteiger partial charge in [0.15, 0.2) is 0 Å². The molecule has 0 saturated carbocycles. The Labute approximate surface area is 111 Å². The zero-order valence-electron chi connectivity index (χ0n) is 9.51. The molecule has 4 nitrogen and oxygen atoms in total. The topological polar surface area (TPSA) is 68.9 Å². The molecule has 0 bridgehead atoms. The van der Waals surface area contributed by atoms with Crippen molar-refractivity contribution < 1.29 is 4.79 Å². The molecule has 3 aromatic rings. The van der Waals surface area contributed by atoms with E-state index in [4.69, 9.17) is 5.73 Å². The molecule has 3 rings (SSSR count). The minimum Gasteiger partial charge on any atom is -0.364 e. The fraction of sp³-hybridized carbons (Fsp3) is 0.0833. The van der Waals surface area contributed by atoms with Gasteiger partial charge in [0.2, 0.25) is 0 Å². The number of carbonyl (C=O) groups excluding carboxylic acids is 1. The van der Waals surface area contributed by atoms with Gasteiger partial charge in [-0.15, -0.1) is 22.7 Å². The van der Waals surface area contributed by atoms with Gasteiger partial charge < -0.3 is 5.73 Å². The normalized spacial score (nSPS) is 10.9. The van der Waals surface area contributed by atoms with Gasteiger partial charge in [-0.2, -0.15) is 0 Å².